The van der Waals surface area contributed by atoms with Crippen LogP contribution in [0.5, 0.6) is 5.75 Å². The van der Waals surface area contributed by atoms with Crippen LogP contribution >= 0.6 is 44.1 Å². The van der Waals surface area contributed by atoms with Crippen molar-refractivity contribution in [3.8, 4) is 23.2 Å². The number of halogens is 2. The molecule has 0 radical (unpaired) electrons. The number of hydrogen-bond donors (Lipinski definition) is 1. The predicted molar refractivity (Wildman–Crippen MR) is 133 cm³/mol. The van der Waals surface area contributed by atoms with Crippen molar-refractivity contribution in [1.29, 1.82) is 5.26 Å². The second kappa shape index (κ2) is 10.0. The third kappa shape index (κ3) is 4.88. The summed E-state index contributed by atoms with van der Waals surface area (Å²) >= 11 is 12.5. The minimum atomic E-state index is 0.277. The topological polar surface area (TPSA) is 79.0 Å². The average molecular weight is 569 g/mol. The summed E-state index contributed by atoms with van der Waals surface area (Å²) in [4.78, 5) is 0. The number of aromatic nitrogens is 3. The van der Waals surface area contributed by atoms with Crippen molar-refractivity contribution in [2.75, 3.05) is 0 Å². The average Bonchev–Trinajstić information content (AvgIpc) is 3.18. The monoisotopic (exact) mass is 567 g/mol. The fraction of sp³-hybridized carbons (Fsp3) is 0.0435. The smallest absolute Gasteiger partial charge is 0.216 e. The molecular formula is C23H15Br2N5OS. The van der Waals surface area contributed by atoms with Crippen LogP contribution in [0.4, 0.5) is 0 Å². The molecule has 0 unspecified atom stereocenters. The zero-order valence-electron chi connectivity index (χ0n) is 16.5. The van der Waals surface area contributed by atoms with Gasteiger partial charge in [-0.05, 0) is 67.8 Å². The maximum atomic E-state index is 9.26. The molecule has 0 aliphatic heterocycles. The number of aromatic amines is 1. The molecule has 0 saturated carbocycles. The maximum Gasteiger partial charge on any atom is 0.216 e. The third-order valence-corrected chi connectivity index (χ3v) is 5.98. The number of nitrogens with zero attached hydrogens (tertiary/aromatic N) is 4. The Labute approximate surface area is 206 Å². The van der Waals surface area contributed by atoms with E-state index in [1.54, 1.807) is 17.0 Å². The van der Waals surface area contributed by atoms with Gasteiger partial charge in [0.1, 0.15) is 12.4 Å². The first-order chi connectivity index (χ1) is 15.6. The van der Waals surface area contributed by atoms with E-state index >= 15 is 0 Å². The number of hydrogen-bond acceptors (Lipinski definition) is 5. The van der Waals surface area contributed by atoms with Gasteiger partial charge in [-0.15, -0.1) is 0 Å². The number of nitrogens with one attached hydrogen (secondary N) is 1. The molecule has 32 heavy (non-hydrogen) atoms. The predicted octanol–water partition coefficient (Wildman–Crippen LogP) is 6.47. The highest BCUT2D eigenvalue weighted by atomic mass is 79.9. The van der Waals surface area contributed by atoms with Crippen LogP contribution in [0.1, 0.15) is 16.7 Å². The molecule has 1 N–H and O–H groups in total. The zero-order valence-corrected chi connectivity index (χ0v) is 20.5. The molecule has 0 spiro atoms. The van der Waals surface area contributed by atoms with Crippen molar-refractivity contribution in [3.05, 3.63) is 97.1 Å². The van der Waals surface area contributed by atoms with Crippen LogP contribution in [0.3, 0.4) is 0 Å². The van der Waals surface area contributed by atoms with Crippen molar-refractivity contribution < 1.29 is 4.74 Å². The molecule has 0 saturated heterocycles. The van der Waals surface area contributed by atoms with E-state index in [9.17, 15) is 5.26 Å². The number of ether oxygens (including phenoxy) is 1. The minimum absolute atomic E-state index is 0.277. The third-order valence-electron chi connectivity index (χ3n) is 4.54. The van der Waals surface area contributed by atoms with Crippen molar-refractivity contribution >= 4 is 50.3 Å². The van der Waals surface area contributed by atoms with E-state index in [4.69, 9.17) is 17.0 Å². The number of H-pyrrole nitrogens is 1. The Balaban J connectivity index is 1.57. The Morgan fingerprint density at radius 2 is 1.78 bits per heavy atom. The van der Waals surface area contributed by atoms with Crippen molar-refractivity contribution in [2.24, 2.45) is 5.10 Å². The fourth-order valence-corrected chi connectivity index (χ4v) is 4.62. The van der Waals surface area contributed by atoms with Gasteiger partial charge < -0.3 is 4.74 Å². The first-order valence-corrected chi connectivity index (χ1v) is 11.4. The highest BCUT2D eigenvalue weighted by molar-refractivity contribution is 9.11. The summed E-state index contributed by atoms with van der Waals surface area (Å²) < 4.78 is 9.45. The highest BCUT2D eigenvalue weighted by Crippen LogP contribution is 2.35. The number of benzene rings is 3. The van der Waals surface area contributed by atoms with E-state index in [2.05, 4.69) is 53.2 Å². The molecule has 0 fully saturated rings. The molecule has 0 aliphatic rings. The minimum Gasteiger partial charge on any atom is -0.486 e. The first kappa shape index (κ1) is 22.1. The summed E-state index contributed by atoms with van der Waals surface area (Å²) in [7, 11) is 0. The lowest BCUT2D eigenvalue weighted by molar-refractivity contribution is 0.302. The van der Waals surface area contributed by atoms with Gasteiger partial charge >= 0.3 is 0 Å². The molecule has 4 aromatic rings. The van der Waals surface area contributed by atoms with E-state index < -0.39 is 0 Å². The first-order valence-electron chi connectivity index (χ1n) is 9.44. The van der Waals surface area contributed by atoms with Crippen molar-refractivity contribution in [3.63, 3.8) is 0 Å². The van der Waals surface area contributed by atoms with Gasteiger partial charge in [0.05, 0.1) is 26.8 Å². The summed E-state index contributed by atoms with van der Waals surface area (Å²) in [6.07, 6.45) is 1.70. The molecule has 1 aromatic heterocycles. The van der Waals surface area contributed by atoms with E-state index in [1.165, 1.54) is 0 Å². The molecule has 0 atom stereocenters. The fourth-order valence-electron chi connectivity index (χ4n) is 2.99. The largest absolute Gasteiger partial charge is 0.486 e. The molecule has 158 valence electrons. The van der Waals surface area contributed by atoms with Gasteiger partial charge in [-0.2, -0.15) is 20.1 Å². The summed E-state index contributed by atoms with van der Waals surface area (Å²) in [5, 5.41) is 20.8. The molecule has 9 heteroatoms. The summed E-state index contributed by atoms with van der Waals surface area (Å²) in [6.45, 7) is 0.277. The van der Waals surface area contributed by atoms with Gasteiger partial charge in [-0.3, -0.25) is 0 Å². The van der Waals surface area contributed by atoms with E-state index in [1.807, 2.05) is 60.7 Å². The quantitative estimate of drug-likeness (QED) is 0.214. The highest BCUT2D eigenvalue weighted by Gasteiger charge is 2.11. The summed E-state index contributed by atoms with van der Waals surface area (Å²) in [5.41, 5.74) is 3.15. The lowest BCUT2D eigenvalue weighted by atomic mass is 10.1. The Hall–Kier alpha value is -3.06. The normalized spacial score (nSPS) is 10.9. The Morgan fingerprint density at radius 1 is 1.09 bits per heavy atom. The van der Waals surface area contributed by atoms with Gasteiger partial charge in [0.15, 0.2) is 5.82 Å². The van der Waals surface area contributed by atoms with Crippen LogP contribution in [0, 0.1) is 16.1 Å². The Morgan fingerprint density at radius 3 is 2.50 bits per heavy atom. The van der Waals surface area contributed by atoms with Crippen LogP contribution in [0.15, 0.2) is 80.8 Å². The van der Waals surface area contributed by atoms with Gasteiger partial charge in [-0.25, -0.2) is 5.10 Å². The van der Waals surface area contributed by atoms with Gasteiger partial charge in [-0.1, -0.05) is 48.5 Å². The molecule has 6 nitrogen and oxygen atoms in total. The Kier molecular flexibility index (Phi) is 6.95. The van der Waals surface area contributed by atoms with Crippen LogP contribution < -0.4 is 4.74 Å². The Bertz CT molecular complexity index is 1370. The van der Waals surface area contributed by atoms with Crippen LogP contribution in [-0.2, 0) is 6.61 Å². The number of nitriles is 1. The van der Waals surface area contributed by atoms with E-state index in [-0.39, 0.29) is 6.61 Å². The second-order valence-corrected chi connectivity index (χ2v) is 8.74. The lowest BCUT2D eigenvalue weighted by Crippen LogP contribution is -2.00. The molecule has 3 aromatic carbocycles. The summed E-state index contributed by atoms with van der Waals surface area (Å²) in [5.74, 6) is 1.26. The maximum absolute atomic E-state index is 9.26. The van der Waals surface area contributed by atoms with Gasteiger partial charge in [0.25, 0.3) is 0 Å². The summed E-state index contributed by atoms with van der Waals surface area (Å²) in [6, 6.07) is 23.0. The standard InChI is InChI=1S/C23H15Br2N5OS/c24-19-10-15(11-20(25)21(19)31-14-18-9-5-4-8-17(18)12-26)13-27-30-22(28-29-23(30)32)16-6-2-1-3-7-16/h1-11,13H,14H2,(H,29,32). The van der Waals surface area contributed by atoms with E-state index in [0.717, 1.165) is 25.6 Å². The lowest BCUT2D eigenvalue weighted by Gasteiger charge is -2.12. The van der Waals surface area contributed by atoms with Crippen molar-refractivity contribution in [1.82, 2.24) is 14.9 Å². The van der Waals surface area contributed by atoms with Crippen LogP contribution in [0.2, 0.25) is 0 Å². The molecular weight excluding hydrogens is 554 g/mol. The SMILES string of the molecule is N#Cc1ccccc1COc1c(Br)cc(C=Nn2c(-c3ccccc3)n[nH]c2=S)cc1Br. The van der Waals surface area contributed by atoms with Crippen LogP contribution in [0.25, 0.3) is 11.4 Å². The van der Waals surface area contributed by atoms with Crippen LogP contribution in [-0.4, -0.2) is 21.1 Å². The number of rotatable bonds is 6. The van der Waals surface area contributed by atoms with E-state index in [0.29, 0.717) is 21.9 Å². The second-order valence-electron chi connectivity index (χ2n) is 6.65. The molecule has 1 heterocycles. The van der Waals surface area contributed by atoms with Gasteiger partial charge in [0.2, 0.25) is 4.77 Å². The zero-order chi connectivity index (χ0) is 22.5. The van der Waals surface area contributed by atoms with Crippen molar-refractivity contribution in [2.45, 2.75) is 6.61 Å². The molecule has 0 bridgehead atoms. The molecule has 4 rings (SSSR count). The molecule has 0 amide bonds. The van der Waals surface area contributed by atoms with Gasteiger partial charge in [0, 0.05) is 11.1 Å². The molecule has 0 aliphatic carbocycles.